The number of anilines is 1. The number of nitrogens with zero attached hydrogens (tertiary/aromatic N) is 3. The summed E-state index contributed by atoms with van der Waals surface area (Å²) in [7, 11) is 0. The molecule has 0 spiro atoms. The predicted molar refractivity (Wildman–Crippen MR) is 66.6 cm³/mol. The Hall–Kier alpha value is -2.17. The molecule has 0 radical (unpaired) electrons. The van der Waals surface area contributed by atoms with Gasteiger partial charge in [0.05, 0.1) is 6.61 Å². The van der Waals surface area contributed by atoms with Crippen LogP contribution in [0.5, 0.6) is 5.75 Å². The van der Waals surface area contributed by atoms with Gasteiger partial charge in [0.15, 0.2) is 11.6 Å². The van der Waals surface area contributed by atoms with Crippen molar-refractivity contribution in [3.63, 3.8) is 0 Å². The normalized spacial score (nSPS) is 9.06. The van der Waals surface area contributed by atoms with Crippen molar-refractivity contribution >= 4 is 5.82 Å². The van der Waals surface area contributed by atoms with E-state index in [0.29, 0.717) is 18.2 Å². The second kappa shape index (κ2) is 7.16. The molecule has 5 heteroatoms. The molecule has 5 nitrogen and oxygen atoms in total. The Morgan fingerprint density at radius 3 is 2.53 bits per heavy atom. The maximum Gasteiger partial charge on any atom is 0.166 e. The molecule has 0 saturated heterocycles. The lowest BCUT2D eigenvalue weighted by atomic mass is 10.4. The quantitative estimate of drug-likeness (QED) is 0.855. The third-order valence-corrected chi connectivity index (χ3v) is 1.83. The molecule has 17 heavy (non-hydrogen) atoms. The molecule has 0 aliphatic carbocycles. The second-order valence-electron chi connectivity index (χ2n) is 3.17. The number of hydrogen-bond donors (Lipinski definition) is 1. The smallest absolute Gasteiger partial charge is 0.166 e. The van der Waals surface area contributed by atoms with Crippen LogP contribution in [-0.2, 0) is 0 Å². The van der Waals surface area contributed by atoms with Crippen LogP contribution in [0.1, 0.15) is 12.6 Å². The Morgan fingerprint density at radius 1 is 1.24 bits per heavy atom. The molecule has 0 aliphatic heterocycles. The van der Waals surface area contributed by atoms with Crippen LogP contribution >= 0.6 is 0 Å². The van der Waals surface area contributed by atoms with Gasteiger partial charge >= 0.3 is 0 Å². The molecule has 2 aromatic heterocycles. The highest BCUT2D eigenvalue weighted by molar-refractivity contribution is 5.44. The van der Waals surface area contributed by atoms with Gasteiger partial charge in [-0.3, -0.25) is 0 Å². The summed E-state index contributed by atoms with van der Waals surface area (Å²) in [6.45, 7) is 4.46. The van der Waals surface area contributed by atoms with Crippen LogP contribution in [0.2, 0.25) is 0 Å². The third-order valence-electron chi connectivity index (χ3n) is 1.83. The molecule has 90 valence electrons. The summed E-state index contributed by atoms with van der Waals surface area (Å²) >= 11 is 0. The Bertz CT molecular complexity index is 434. The summed E-state index contributed by atoms with van der Waals surface area (Å²) in [4.78, 5) is 11.5. The average molecular weight is 232 g/mol. The monoisotopic (exact) mass is 232 g/mol. The van der Waals surface area contributed by atoms with Crippen molar-refractivity contribution < 1.29 is 4.74 Å². The van der Waals surface area contributed by atoms with Gasteiger partial charge in [-0.25, -0.2) is 15.0 Å². The van der Waals surface area contributed by atoms with E-state index >= 15 is 0 Å². The number of pyridine rings is 1. The van der Waals surface area contributed by atoms with E-state index in [0.717, 1.165) is 5.69 Å². The van der Waals surface area contributed by atoms with E-state index < -0.39 is 0 Å². The van der Waals surface area contributed by atoms with Crippen molar-refractivity contribution in [3.05, 3.63) is 42.6 Å². The van der Waals surface area contributed by atoms with Gasteiger partial charge in [-0.2, -0.15) is 0 Å². The molecular formula is C12H16N4O. The Morgan fingerprint density at radius 2 is 2.06 bits per heavy atom. The highest BCUT2D eigenvalue weighted by Crippen LogP contribution is 2.15. The topological polar surface area (TPSA) is 73.9 Å². The third kappa shape index (κ3) is 4.92. The van der Waals surface area contributed by atoms with Crippen molar-refractivity contribution in [2.45, 2.75) is 13.8 Å². The number of nitrogens with two attached hydrogens (primary N) is 1. The van der Waals surface area contributed by atoms with Crippen molar-refractivity contribution in [2.75, 3.05) is 12.3 Å². The minimum Gasteiger partial charge on any atom is -0.490 e. The molecule has 0 fully saturated rings. The Labute approximate surface area is 101 Å². The number of ether oxygens (including phenoxy) is 1. The van der Waals surface area contributed by atoms with Crippen LogP contribution < -0.4 is 10.5 Å². The van der Waals surface area contributed by atoms with Gasteiger partial charge in [0.1, 0.15) is 6.33 Å². The molecule has 0 saturated carbocycles. The highest BCUT2D eigenvalue weighted by atomic mass is 16.5. The van der Waals surface area contributed by atoms with Gasteiger partial charge in [-0.15, -0.1) is 0 Å². The molecule has 2 aromatic rings. The molecule has 2 heterocycles. The van der Waals surface area contributed by atoms with E-state index in [1.165, 1.54) is 6.33 Å². The summed E-state index contributed by atoms with van der Waals surface area (Å²) in [6.07, 6.45) is 4.90. The Kier molecular flexibility index (Phi) is 5.43. The summed E-state index contributed by atoms with van der Waals surface area (Å²) in [6, 6.07) is 5.45. The average Bonchev–Trinajstić information content (AvgIpc) is 2.34. The molecule has 2 N–H and O–H groups in total. The SMILES string of the molecule is CCOc1cccnc1N.Cc1ccncn1. The van der Waals surface area contributed by atoms with Gasteiger partial charge in [0.2, 0.25) is 0 Å². The van der Waals surface area contributed by atoms with E-state index in [1.807, 2.05) is 19.9 Å². The van der Waals surface area contributed by atoms with E-state index in [4.69, 9.17) is 10.5 Å². The fraction of sp³-hybridized carbons (Fsp3) is 0.250. The number of hydrogen-bond acceptors (Lipinski definition) is 5. The van der Waals surface area contributed by atoms with Crippen molar-refractivity contribution in [2.24, 2.45) is 0 Å². The van der Waals surface area contributed by atoms with Crippen LogP contribution in [0.15, 0.2) is 36.9 Å². The van der Waals surface area contributed by atoms with Gasteiger partial charge in [0, 0.05) is 18.1 Å². The first-order valence-electron chi connectivity index (χ1n) is 5.30. The van der Waals surface area contributed by atoms with E-state index in [1.54, 1.807) is 24.5 Å². The van der Waals surface area contributed by atoms with Crippen LogP contribution in [0, 0.1) is 6.92 Å². The van der Waals surface area contributed by atoms with E-state index in [-0.39, 0.29) is 0 Å². The van der Waals surface area contributed by atoms with Crippen LogP contribution in [0.25, 0.3) is 0 Å². The highest BCUT2D eigenvalue weighted by Gasteiger charge is 1.95. The largest absolute Gasteiger partial charge is 0.490 e. The van der Waals surface area contributed by atoms with Crippen molar-refractivity contribution in [1.82, 2.24) is 15.0 Å². The van der Waals surface area contributed by atoms with Gasteiger partial charge in [0.25, 0.3) is 0 Å². The molecule has 0 atom stereocenters. The maximum atomic E-state index is 5.47. The van der Waals surface area contributed by atoms with Crippen LogP contribution in [0.3, 0.4) is 0 Å². The summed E-state index contributed by atoms with van der Waals surface area (Å²) in [5.74, 6) is 1.11. The summed E-state index contributed by atoms with van der Waals surface area (Å²) < 4.78 is 5.15. The van der Waals surface area contributed by atoms with E-state index in [2.05, 4.69) is 15.0 Å². The molecular weight excluding hydrogens is 216 g/mol. The molecule has 2 rings (SSSR count). The number of rotatable bonds is 2. The van der Waals surface area contributed by atoms with E-state index in [9.17, 15) is 0 Å². The number of aryl methyl sites for hydroxylation is 1. The molecule has 0 aromatic carbocycles. The first kappa shape index (κ1) is 12.9. The summed E-state index contributed by atoms with van der Waals surface area (Å²) in [5, 5.41) is 0. The predicted octanol–water partition coefficient (Wildman–Crippen LogP) is 1.85. The zero-order valence-electron chi connectivity index (χ0n) is 10.00. The van der Waals surface area contributed by atoms with Gasteiger partial charge in [-0.05, 0) is 32.0 Å². The van der Waals surface area contributed by atoms with Gasteiger partial charge < -0.3 is 10.5 Å². The second-order valence-corrected chi connectivity index (χ2v) is 3.17. The lowest BCUT2D eigenvalue weighted by Crippen LogP contribution is -1.97. The molecule has 0 bridgehead atoms. The van der Waals surface area contributed by atoms with Gasteiger partial charge in [-0.1, -0.05) is 0 Å². The molecule has 0 aliphatic rings. The van der Waals surface area contributed by atoms with Crippen LogP contribution in [-0.4, -0.2) is 21.6 Å². The zero-order chi connectivity index (χ0) is 12.5. The fourth-order valence-electron chi connectivity index (χ4n) is 1.04. The number of nitrogen functional groups attached to an aromatic ring is 1. The first-order chi connectivity index (χ1) is 8.24. The first-order valence-corrected chi connectivity index (χ1v) is 5.30. The molecule has 0 unspecified atom stereocenters. The lowest BCUT2D eigenvalue weighted by molar-refractivity contribution is 0.341. The minimum atomic E-state index is 0.448. The Balaban J connectivity index is 0.000000181. The summed E-state index contributed by atoms with van der Waals surface area (Å²) in [5.41, 5.74) is 6.48. The number of aromatic nitrogens is 3. The van der Waals surface area contributed by atoms with Crippen molar-refractivity contribution in [1.29, 1.82) is 0 Å². The lowest BCUT2D eigenvalue weighted by Gasteiger charge is -2.03. The minimum absolute atomic E-state index is 0.448. The standard InChI is InChI=1S/C7H10N2O.C5H6N2/c1-2-10-6-4-3-5-9-7(6)8;1-5-2-3-6-4-7-5/h3-5H,2H2,1H3,(H2,8,9);2-4H,1H3. The van der Waals surface area contributed by atoms with Crippen molar-refractivity contribution in [3.8, 4) is 5.75 Å². The maximum absolute atomic E-state index is 5.47. The fourth-order valence-corrected chi connectivity index (χ4v) is 1.04. The zero-order valence-corrected chi connectivity index (χ0v) is 10.00. The van der Waals surface area contributed by atoms with Crippen LogP contribution in [0.4, 0.5) is 5.82 Å². The molecule has 0 amide bonds.